The molecule has 0 amide bonds. The lowest BCUT2D eigenvalue weighted by molar-refractivity contribution is -0.144. The predicted molar refractivity (Wildman–Crippen MR) is 68.2 cm³/mol. The van der Waals surface area contributed by atoms with Crippen LogP contribution < -0.4 is 11.3 Å². The molecule has 0 atom stereocenters. The topological polar surface area (TPSA) is 84.7 Å². The molecule has 2 N–H and O–H groups in total. The Labute approximate surface area is 117 Å². The summed E-state index contributed by atoms with van der Waals surface area (Å²) in [5.74, 6) is 0.130. The number of hydrogen-bond acceptors (Lipinski definition) is 4. The zero-order valence-electron chi connectivity index (χ0n) is 10.6. The molecule has 0 saturated carbocycles. The third kappa shape index (κ3) is 3.02. The quantitative estimate of drug-likeness (QED) is 0.914. The predicted octanol–water partition coefficient (Wildman–Crippen LogP) is 1.76. The minimum absolute atomic E-state index is 0.130. The van der Waals surface area contributed by atoms with E-state index in [9.17, 15) is 18.0 Å². The van der Waals surface area contributed by atoms with E-state index < -0.39 is 17.4 Å². The summed E-state index contributed by atoms with van der Waals surface area (Å²) in [7, 11) is 0. The average molecular weight is 294 g/mol. The third-order valence-electron chi connectivity index (χ3n) is 2.77. The lowest BCUT2D eigenvalue weighted by Gasteiger charge is -2.15. The van der Waals surface area contributed by atoms with E-state index in [1.807, 2.05) is 0 Å². The van der Waals surface area contributed by atoms with Gasteiger partial charge in [0.05, 0.1) is 6.54 Å². The molecule has 2 aromatic rings. The monoisotopic (exact) mass is 294 g/mol. The molecule has 0 aromatic carbocycles. The lowest BCUT2D eigenvalue weighted by atomic mass is 10.2. The fraction of sp³-hybridized carbons (Fsp3) is 0.154. The number of nitrogen functional groups attached to an aromatic ring is 1. The Morgan fingerprint density at radius 1 is 1.33 bits per heavy atom. The fourth-order valence-electron chi connectivity index (χ4n) is 1.84. The molecule has 0 aliphatic rings. The molecule has 0 radical (unpaired) electrons. The van der Waals surface area contributed by atoms with Crippen LogP contribution in [0.2, 0.25) is 0 Å². The summed E-state index contributed by atoms with van der Waals surface area (Å²) in [6, 6.07) is 5.96. The van der Waals surface area contributed by atoms with Gasteiger partial charge >= 0.3 is 6.18 Å². The van der Waals surface area contributed by atoms with Gasteiger partial charge in [-0.25, -0.2) is 4.98 Å². The van der Waals surface area contributed by atoms with Crippen LogP contribution in [0.15, 0.2) is 35.3 Å². The average Bonchev–Trinajstić information content (AvgIpc) is 2.39. The highest BCUT2D eigenvalue weighted by atomic mass is 19.4. The maximum absolute atomic E-state index is 13.0. The van der Waals surface area contributed by atoms with Gasteiger partial charge in [-0.05, 0) is 29.8 Å². The molecule has 2 aromatic heterocycles. The molecule has 108 valence electrons. The van der Waals surface area contributed by atoms with Gasteiger partial charge < -0.3 is 5.73 Å². The number of nitrogens with zero attached hydrogens (tertiary/aromatic N) is 3. The van der Waals surface area contributed by atoms with Gasteiger partial charge in [-0.15, -0.1) is 0 Å². The molecule has 0 fully saturated rings. The second-order valence-electron chi connectivity index (χ2n) is 4.22. The molecule has 0 saturated heterocycles. The first-order valence-electron chi connectivity index (χ1n) is 5.74. The number of alkyl halides is 3. The van der Waals surface area contributed by atoms with E-state index >= 15 is 0 Å². The molecule has 2 rings (SSSR count). The van der Waals surface area contributed by atoms with Crippen LogP contribution in [0.25, 0.3) is 0 Å². The number of aromatic nitrogens is 2. The molecule has 0 aliphatic carbocycles. The molecule has 0 spiro atoms. The lowest BCUT2D eigenvalue weighted by Crippen LogP contribution is -2.30. The zero-order chi connectivity index (χ0) is 15.6. The molecule has 8 heteroatoms. The highest BCUT2D eigenvalue weighted by Crippen LogP contribution is 2.28. The van der Waals surface area contributed by atoms with Crippen molar-refractivity contribution in [1.29, 1.82) is 5.26 Å². The van der Waals surface area contributed by atoms with E-state index in [1.54, 1.807) is 6.07 Å². The van der Waals surface area contributed by atoms with Gasteiger partial charge in [0, 0.05) is 6.20 Å². The van der Waals surface area contributed by atoms with Crippen LogP contribution in [0.4, 0.5) is 19.0 Å². The maximum atomic E-state index is 13.0. The molecular formula is C13H9F3N4O. The first-order valence-corrected chi connectivity index (χ1v) is 5.74. The summed E-state index contributed by atoms with van der Waals surface area (Å²) >= 11 is 0. The largest absolute Gasteiger partial charge is 0.431 e. The molecule has 0 aliphatic heterocycles. The first kappa shape index (κ1) is 14.6. The Morgan fingerprint density at radius 2 is 2.05 bits per heavy atom. The number of nitrogens with two attached hydrogens (primary N) is 1. The van der Waals surface area contributed by atoms with Crippen LogP contribution in [0.5, 0.6) is 0 Å². The van der Waals surface area contributed by atoms with E-state index in [1.165, 1.54) is 18.3 Å². The van der Waals surface area contributed by atoms with Crippen molar-refractivity contribution in [3.63, 3.8) is 0 Å². The van der Waals surface area contributed by atoms with E-state index in [-0.39, 0.29) is 17.9 Å². The minimum Gasteiger partial charge on any atom is -0.384 e. The highest BCUT2D eigenvalue weighted by molar-refractivity contribution is 5.33. The van der Waals surface area contributed by atoms with Crippen molar-refractivity contribution in [2.75, 3.05) is 5.73 Å². The normalized spacial score (nSPS) is 11.1. The molecule has 2 heterocycles. The minimum atomic E-state index is -4.70. The van der Waals surface area contributed by atoms with Crippen molar-refractivity contribution in [1.82, 2.24) is 9.55 Å². The Bertz CT molecular complexity index is 774. The van der Waals surface area contributed by atoms with Gasteiger partial charge in [-0.1, -0.05) is 0 Å². The van der Waals surface area contributed by atoms with Crippen molar-refractivity contribution < 1.29 is 13.2 Å². The van der Waals surface area contributed by atoms with Crippen LogP contribution in [0.1, 0.15) is 16.8 Å². The summed E-state index contributed by atoms with van der Waals surface area (Å²) in [5.41, 5.74) is 3.36. The Morgan fingerprint density at radius 3 is 2.62 bits per heavy atom. The summed E-state index contributed by atoms with van der Waals surface area (Å²) in [6.45, 7) is -0.351. The first-order chi connectivity index (χ1) is 9.82. The van der Waals surface area contributed by atoms with Gasteiger partial charge in [-0.3, -0.25) is 9.36 Å². The Hall–Kier alpha value is -2.82. The van der Waals surface area contributed by atoms with Crippen molar-refractivity contribution in [2.45, 2.75) is 12.7 Å². The van der Waals surface area contributed by atoms with Crippen LogP contribution in [0, 0.1) is 11.3 Å². The van der Waals surface area contributed by atoms with E-state index in [4.69, 9.17) is 11.0 Å². The van der Waals surface area contributed by atoms with Gasteiger partial charge in [0.15, 0.2) is 0 Å². The van der Waals surface area contributed by atoms with Crippen molar-refractivity contribution in [2.24, 2.45) is 0 Å². The molecule has 21 heavy (non-hydrogen) atoms. The summed E-state index contributed by atoms with van der Waals surface area (Å²) < 4.78 is 39.4. The Kier molecular flexibility index (Phi) is 3.67. The second kappa shape index (κ2) is 5.28. The van der Waals surface area contributed by atoms with Crippen LogP contribution >= 0.6 is 0 Å². The molecule has 0 bridgehead atoms. The number of nitriles is 1. The smallest absolute Gasteiger partial charge is 0.384 e. The summed E-state index contributed by atoms with van der Waals surface area (Å²) in [6.07, 6.45) is -3.37. The second-order valence-corrected chi connectivity index (χ2v) is 4.22. The number of rotatable bonds is 2. The van der Waals surface area contributed by atoms with E-state index in [0.717, 1.165) is 6.07 Å². The third-order valence-corrected chi connectivity index (χ3v) is 2.77. The van der Waals surface area contributed by atoms with Gasteiger partial charge in [0.1, 0.15) is 23.1 Å². The van der Waals surface area contributed by atoms with Crippen LogP contribution in [0.3, 0.4) is 0 Å². The standard InChI is InChI=1S/C13H9F3N4O/c14-13(15,16)10-2-1-9(6-17)12(21)20(10)7-8-3-4-19-11(18)5-8/h1-5H,7H2,(H2,18,19). The van der Waals surface area contributed by atoms with Crippen molar-refractivity contribution >= 4 is 5.82 Å². The van der Waals surface area contributed by atoms with E-state index in [2.05, 4.69) is 4.98 Å². The Balaban J connectivity index is 2.60. The van der Waals surface area contributed by atoms with Crippen molar-refractivity contribution in [3.05, 3.63) is 57.6 Å². The van der Waals surface area contributed by atoms with Gasteiger partial charge in [0.25, 0.3) is 5.56 Å². The summed E-state index contributed by atoms with van der Waals surface area (Å²) in [4.78, 5) is 15.7. The number of halogens is 3. The number of pyridine rings is 2. The number of hydrogen-bond donors (Lipinski definition) is 1. The van der Waals surface area contributed by atoms with Gasteiger partial charge in [-0.2, -0.15) is 18.4 Å². The highest BCUT2D eigenvalue weighted by Gasteiger charge is 2.34. The molecule has 0 unspecified atom stereocenters. The molecular weight excluding hydrogens is 285 g/mol. The van der Waals surface area contributed by atoms with Crippen LogP contribution in [-0.2, 0) is 12.7 Å². The number of anilines is 1. The van der Waals surface area contributed by atoms with Gasteiger partial charge in [0.2, 0.25) is 0 Å². The zero-order valence-corrected chi connectivity index (χ0v) is 10.6. The molecule has 5 nitrogen and oxygen atoms in total. The fourth-order valence-corrected chi connectivity index (χ4v) is 1.84. The van der Waals surface area contributed by atoms with E-state index in [0.29, 0.717) is 16.2 Å². The maximum Gasteiger partial charge on any atom is 0.431 e. The van der Waals surface area contributed by atoms with Crippen molar-refractivity contribution in [3.8, 4) is 6.07 Å². The SMILES string of the molecule is N#Cc1ccc(C(F)(F)F)n(Cc2ccnc(N)c2)c1=O. The summed E-state index contributed by atoms with van der Waals surface area (Å²) in [5, 5.41) is 8.77. The van der Waals surface area contributed by atoms with Crippen LogP contribution in [-0.4, -0.2) is 9.55 Å².